The number of carbonyl (C=O) groups excluding carboxylic acids is 1. The molecule has 7 heteroatoms. The monoisotopic (exact) mass is 420 g/mol. The Morgan fingerprint density at radius 2 is 1.75 bits per heavy atom. The number of carbonyl (C=O) groups is 1. The average molecular weight is 422 g/mol. The lowest BCUT2D eigenvalue weighted by molar-refractivity contribution is -0.131. The van der Waals surface area contributed by atoms with E-state index in [1.54, 1.807) is 0 Å². The summed E-state index contributed by atoms with van der Waals surface area (Å²) in [4.78, 5) is 14.4. The number of benzene rings is 1. The lowest BCUT2D eigenvalue weighted by atomic mass is 10.0. The molecule has 1 aromatic rings. The zero-order valence-electron chi connectivity index (χ0n) is 14.2. The van der Waals surface area contributed by atoms with Crippen LogP contribution in [0.5, 0.6) is 11.5 Å². The van der Waals surface area contributed by atoms with Crippen LogP contribution in [0.2, 0.25) is 0 Å². The van der Waals surface area contributed by atoms with Crippen LogP contribution in [-0.2, 0) is 11.2 Å². The summed E-state index contributed by atoms with van der Waals surface area (Å²) in [6.45, 7) is 6.47. The maximum absolute atomic E-state index is 12.5. The van der Waals surface area contributed by atoms with Crippen molar-refractivity contribution in [3.8, 4) is 11.5 Å². The van der Waals surface area contributed by atoms with E-state index in [1.807, 2.05) is 30.9 Å². The second kappa shape index (κ2) is 10.1. The van der Waals surface area contributed by atoms with E-state index in [-0.39, 0.29) is 24.4 Å². The Labute approximate surface area is 158 Å². The molecule has 1 aliphatic heterocycles. The van der Waals surface area contributed by atoms with Crippen molar-refractivity contribution in [2.24, 2.45) is 5.73 Å². The lowest BCUT2D eigenvalue weighted by Crippen LogP contribution is -2.43. The molecule has 0 unspecified atom stereocenters. The average Bonchev–Trinajstić information content (AvgIpc) is 2.52. The van der Waals surface area contributed by atoms with E-state index in [2.05, 4.69) is 15.9 Å². The molecule has 0 atom stereocenters. The highest BCUT2D eigenvalue weighted by Crippen LogP contribution is 2.34. The first-order chi connectivity index (χ1) is 11.0. The molecule has 2 N–H and O–H groups in total. The summed E-state index contributed by atoms with van der Waals surface area (Å²) in [6.07, 6.45) is 2.10. The van der Waals surface area contributed by atoms with Crippen molar-refractivity contribution in [1.82, 2.24) is 4.90 Å². The van der Waals surface area contributed by atoms with Gasteiger partial charge in [-0.3, -0.25) is 4.79 Å². The van der Waals surface area contributed by atoms with Crippen LogP contribution in [0.4, 0.5) is 0 Å². The number of hydrogen-bond acceptors (Lipinski definition) is 4. The molecule has 1 aromatic carbocycles. The fourth-order valence-electron chi connectivity index (χ4n) is 2.67. The van der Waals surface area contributed by atoms with Gasteiger partial charge in [0.05, 0.1) is 19.6 Å². The molecule has 1 heterocycles. The van der Waals surface area contributed by atoms with Gasteiger partial charge in [0, 0.05) is 23.6 Å². The first-order valence-electron chi connectivity index (χ1n) is 8.16. The molecule has 0 radical (unpaired) electrons. The van der Waals surface area contributed by atoms with Gasteiger partial charge in [0.1, 0.15) is 0 Å². The Morgan fingerprint density at radius 3 is 2.29 bits per heavy atom. The fourth-order valence-corrected chi connectivity index (χ4v) is 3.14. The molecule has 1 saturated heterocycles. The summed E-state index contributed by atoms with van der Waals surface area (Å²) in [5, 5.41) is 0. The predicted octanol–water partition coefficient (Wildman–Crippen LogP) is 3.16. The van der Waals surface area contributed by atoms with Crippen molar-refractivity contribution in [3.63, 3.8) is 0 Å². The van der Waals surface area contributed by atoms with Crippen LogP contribution < -0.4 is 15.2 Å². The minimum atomic E-state index is 0. The second-order valence-corrected chi connectivity index (χ2v) is 6.51. The van der Waals surface area contributed by atoms with E-state index in [0.717, 1.165) is 36.0 Å². The van der Waals surface area contributed by atoms with Gasteiger partial charge in [-0.25, -0.2) is 0 Å². The van der Waals surface area contributed by atoms with Crippen molar-refractivity contribution >= 4 is 34.2 Å². The summed E-state index contributed by atoms with van der Waals surface area (Å²) in [5.74, 6) is 1.51. The Bertz CT molecular complexity index is 549. The number of nitrogens with zero attached hydrogens (tertiary/aromatic N) is 1. The summed E-state index contributed by atoms with van der Waals surface area (Å²) in [6, 6.07) is 4.00. The highest BCUT2D eigenvalue weighted by atomic mass is 79.9. The first-order valence-corrected chi connectivity index (χ1v) is 8.95. The smallest absolute Gasteiger partial charge is 0.227 e. The lowest BCUT2D eigenvalue weighted by Gasteiger charge is -2.30. The number of amides is 1. The largest absolute Gasteiger partial charge is 0.490 e. The maximum Gasteiger partial charge on any atom is 0.227 e. The minimum absolute atomic E-state index is 0. The van der Waals surface area contributed by atoms with Gasteiger partial charge in [-0.15, -0.1) is 12.4 Å². The van der Waals surface area contributed by atoms with Crippen LogP contribution in [-0.4, -0.2) is 43.2 Å². The van der Waals surface area contributed by atoms with Crippen LogP contribution in [0.1, 0.15) is 32.3 Å². The summed E-state index contributed by atoms with van der Waals surface area (Å²) >= 11 is 3.54. The number of piperidine rings is 1. The normalized spacial score (nSPS) is 14.9. The number of rotatable bonds is 6. The Kier molecular flexibility index (Phi) is 8.87. The third-order valence-electron chi connectivity index (χ3n) is 3.95. The zero-order valence-corrected chi connectivity index (χ0v) is 16.6. The van der Waals surface area contributed by atoms with Crippen LogP contribution in [0.15, 0.2) is 16.6 Å². The zero-order chi connectivity index (χ0) is 16.8. The SMILES string of the molecule is CCOc1cc(Br)c(CC(=O)N2CCC(N)CC2)cc1OCC.Cl. The number of halogens is 2. The summed E-state index contributed by atoms with van der Waals surface area (Å²) < 4.78 is 12.1. The molecular formula is C17H26BrClN2O3. The van der Waals surface area contributed by atoms with Gasteiger partial charge in [-0.05, 0) is 44.4 Å². The number of likely N-dealkylation sites (tertiary alicyclic amines) is 1. The van der Waals surface area contributed by atoms with Crippen LogP contribution in [0.3, 0.4) is 0 Å². The van der Waals surface area contributed by atoms with Gasteiger partial charge < -0.3 is 20.1 Å². The number of nitrogens with two attached hydrogens (primary N) is 1. The van der Waals surface area contributed by atoms with Crippen molar-refractivity contribution in [1.29, 1.82) is 0 Å². The maximum atomic E-state index is 12.5. The molecule has 1 fully saturated rings. The molecular weight excluding hydrogens is 396 g/mol. The van der Waals surface area contributed by atoms with Gasteiger partial charge in [0.25, 0.3) is 0 Å². The minimum Gasteiger partial charge on any atom is -0.490 e. The van der Waals surface area contributed by atoms with Crippen molar-refractivity contribution in [2.45, 2.75) is 39.2 Å². The first kappa shape index (κ1) is 21.1. The highest BCUT2D eigenvalue weighted by molar-refractivity contribution is 9.10. The van der Waals surface area contributed by atoms with Crippen LogP contribution in [0.25, 0.3) is 0 Å². The van der Waals surface area contributed by atoms with Crippen LogP contribution >= 0.6 is 28.3 Å². The van der Waals surface area contributed by atoms with Crippen molar-refractivity contribution in [3.05, 3.63) is 22.2 Å². The molecule has 1 amide bonds. The fraction of sp³-hybridized carbons (Fsp3) is 0.588. The van der Waals surface area contributed by atoms with E-state index in [0.29, 0.717) is 31.1 Å². The molecule has 0 saturated carbocycles. The third-order valence-corrected chi connectivity index (χ3v) is 4.68. The van der Waals surface area contributed by atoms with E-state index >= 15 is 0 Å². The quantitative estimate of drug-likeness (QED) is 0.766. The standard InChI is InChI=1S/C17H25BrN2O3.ClH/c1-3-22-15-9-12(14(18)11-16(15)23-4-2)10-17(21)20-7-5-13(19)6-8-20;/h9,11,13H,3-8,10,19H2,1-2H3;1H. The van der Waals surface area contributed by atoms with Gasteiger partial charge in [0.2, 0.25) is 5.91 Å². The van der Waals surface area contributed by atoms with Crippen LogP contribution in [0, 0.1) is 0 Å². The second-order valence-electron chi connectivity index (χ2n) is 5.65. The molecule has 5 nitrogen and oxygen atoms in total. The van der Waals surface area contributed by atoms with E-state index in [1.165, 1.54) is 0 Å². The van der Waals surface area contributed by atoms with E-state index in [9.17, 15) is 4.79 Å². The highest BCUT2D eigenvalue weighted by Gasteiger charge is 2.22. The molecule has 0 aliphatic carbocycles. The Hall–Kier alpha value is -0.980. The molecule has 1 aliphatic rings. The Balaban J connectivity index is 0.00000288. The van der Waals surface area contributed by atoms with Gasteiger partial charge >= 0.3 is 0 Å². The predicted molar refractivity (Wildman–Crippen MR) is 101 cm³/mol. The topological polar surface area (TPSA) is 64.8 Å². The molecule has 2 rings (SSSR count). The van der Waals surface area contributed by atoms with E-state index in [4.69, 9.17) is 15.2 Å². The number of ether oxygens (including phenoxy) is 2. The molecule has 0 aromatic heterocycles. The van der Waals surface area contributed by atoms with Crippen molar-refractivity contribution in [2.75, 3.05) is 26.3 Å². The molecule has 24 heavy (non-hydrogen) atoms. The van der Waals surface area contributed by atoms with Gasteiger partial charge in [0.15, 0.2) is 11.5 Å². The molecule has 0 bridgehead atoms. The number of hydrogen-bond donors (Lipinski definition) is 1. The molecule has 0 spiro atoms. The van der Waals surface area contributed by atoms with E-state index < -0.39 is 0 Å². The van der Waals surface area contributed by atoms with Crippen molar-refractivity contribution < 1.29 is 14.3 Å². The Morgan fingerprint density at radius 1 is 1.21 bits per heavy atom. The summed E-state index contributed by atoms with van der Waals surface area (Å²) in [5.41, 5.74) is 6.81. The van der Waals surface area contributed by atoms with Gasteiger partial charge in [-0.2, -0.15) is 0 Å². The van der Waals surface area contributed by atoms with Gasteiger partial charge in [-0.1, -0.05) is 15.9 Å². The third kappa shape index (κ3) is 5.53. The molecule has 136 valence electrons. The summed E-state index contributed by atoms with van der Waals surface area (Å²) in [7, 11) is 0.